The molecule has 4 aromatic rings. The van der Waals surface area contributed by atoms with Crippen molar-refractivity contribution in [2.45, 2.75) is 32.0 Å². The number of imidazole rings is 1. The van der Waals surface area contributed by atoms with E-state index in [1.807, 2.05) is 38.2 Å². The number of fused-ring (bicyclic) bond motifs is 2. The Kier molecular flexibility index (Phi) is 5.95. The SMILES string of the molecule is Cc1c(C(=O)NI2CCC(Nc3cccc4nc(C(F)(F)F)cn34)CC2)c2ccccc2n1C. The van der Waals surface area contributed by atoms with Gasteiger partial charge in [-0.1, -0.05) is 0 Å². The molecule has 3 aromatic heterocycles. The second-order valence-corrected chi connectivity index (χ2v) is 13.8. The van der Waals surface area contributed by atoms with E-state index in [4.69, 9.17) is 0 Å². The topological polar surface area (TPSA) is 63.4 Å². The molecule has 0 spiro atoms. The molecule has 0 saturated carbocycles. The van der Waals surface area contributed by atoms with Crippen molar-refractivity contribution in [1.82, 2.24) is 17.5 Å². The Labute approximate surface area is 202 Å². The average molecular weight is 583 g/mol. The molecule has 1 saturated heterocycles. The molecule has 1 fully saturated rings. The van der Waals surface area contributed by atoms with Crippen LogP contribution in [0.4, 0.5) is 19.0 Å². The number of halogens is 4. The van der Waals surface area contributed by atoms with Gasteiger partial charge in [0.2, 0.25) is 0 Å². The molecule has 180 valence electrons. The van der Waals surface area contributed by atoms with Gasteiger partial charge in [0.15, 0.2) is 0 Å². The molecule has 0 aliphatic carbocycles. The summed E-state index contributed by atoms with van der Waals surface area (Å²) in [6.07, 6.45) is -1.70. The third kappa shape index (κ3) is 4.23. The van der Waals surface area contributed by atoms with E-state index >= 15 is 0 Å². The van der Waals surface area contributed by atoms with E-state index in [0.29, 0.717) is 5.82 Å². The van der Waals surface area contributed by atoms with E-state index < -0.39 is 32.0 Å². The minimum absolute atomic E-state index is 0.00812. The van der Waals surface area contributed by atoms with Crippen LogP contribution in [0, 0.1) is 6.92 Å². The summed E-state index contributed by atoms with van der Waals surface area (Å²) in [4.78, 5) is 16.9. The maximum absolute atomic E-state index is 13.2. The van der Waals surface area contributed by atoms with Crippen LogP contribution < -0.4 is 8.85 Å². The van der Waals surface area contributed by atoms with Crippen LogP contribution in [0.1, 0.15) is 34.6 Å². The molecule has 1 aliphatic heterocycles. The monoisotopic (exact) mass is 583 g/mol. The normalized spacial score (nSPS) is 16.3. The number of hydrogen-bond donors (Lipinski definition) is 2. The van der Waals surface area contributed by atoms with Gasteiger partial charge in [0.25, 0.3) is 0 Å². The van der Waals surface area contributed by atoms with E-state index in [1.165, 1.54) is 4.40 Å². The van der Waals surface area contributed by atoms with E-state index in [0.717, 1.165) is 50.1 Å². The second-order valence-electron chi connectivity index (χ2n) is 8.48. The van der Waals surface area contributed by atoms with Crippen LogP contribution in [0.5, 0.6) is 0 Å². The molecular weight excluding hydrogens is 558 g/mol. The van der Waals surface area contributed by atoms with Gasteiger partial charge in [0.1, 0.15) is 0 Å². The Bertz CT molecular complexity index is 1370. The zero-order valence-corrected chi connectivity index (χ0v) is 20.9. The number of benzene rings is 1. The number of rotatable bonds is 4. The average Bonchev–Trinajstić information content (AvgIpc) is 3.36. The first-order valence-corrected chi connectivity index (χ1v) is 15.1. The van der Waals surface area contributed by atoms with E-state index in [9.17, 15) is 18.0 Å². The van der Waals surface area contributed by atoms with Crippen molar-refractivity contribution in [3.05, 3.63) is 65.6 Å². The summed E-state index contributed by atoms with van der Waals surface area (Å²) in [5.74, 6) is 0.608. The van der Waals surface area contributed by atoms with Gasteiger partial charge < -0.3 is 0 Å². The zero-order valence-electron chi connectivity index (χ0n) is 18.8. The summed E-state index contributed by atoms with van der Waals surface area (Å²) in [5.41, 5.74) is 2.12. The number of aryl methyl sites for hydroxylation is 1. The van der Waals surface area contributed by atoms with Gasteiger partial charge >= 0.3 is 203 Å². The number of carbonyl (C=O) groups excluding carboxylic acids is 1. The summed E-state index contributed by atoms with van der Waals surface area (Å²) in [5, 5.41) is 4.37. The van der Waals surface area contributed by atoms with Crippen molar-refractivity contribution in [3.63, 3.8) is 0 Å². The molecule has 1 amide bonds. The van der Waals surface area contributed by atoms with Gasteiger partial charge in [-0.05, 0) is 0 Å². The minimum atomic E-state index is -4.48. The summed E-state index contributed by atoms with van der Waals surface area (Å²) in [7, 11) is 1.97. The number of para-hydroxylation sites is 1. The summed E-state index contributed by atoms with van der Waals surface area (Å²) >= 11 is -1.67. The third-order valence-electron chi connectivity index (χ3n) is 6.35. The molecule has 10 heteroatoms. The molecule has 5 rings (SSSR count). The molecule has 1 aromatic carbocycles. The van der Waals surface area contributed by atoms with Crippen molar-refractivity contribution in [2.24, 2.45) is 7.05 Å². The molecule has 0 radical (unpaired) electrons. The molecule has 0 atom stereocenters. The van der Waals surface area contributed by atoms with Gasteiger partial charge in [-0.15, -0.1) is 0 Å². The Balaban J connectivity index is 1.24. The quantitative estimate of drug-likeness (QED) is 0.188. The Morgan fingerprint density at radius 3 is 2.59 bits per heavy atom. The Morgan fingerprint density at radius 2 is 1.85 bits per heavy atom. The van der Waals surface area contributed by atoms with Gasteiger partial charge in [0.05, 0.1) is 0 Å². The molecule has 0 unspecified atom stereocenters. The maximum atomic E-state index is 13.2. The van der Waals surface area contributed by atoms with Crippen molar-refractivity contribution in [1.29, 1.82) is 0 Å². The van der Waals surface area contributed by atoms with Gasteiger partial charge in [0, 0.05) is 0 Å². The first-order valence-electron chi connectivity index (χ1n) is 11.0. The van der Waals surface area contributed by atoms with Crippen LogP contribution in [0.3, 0.4) is 0 Å². The van der Waals surface area contributed by atoms with Crippen LogP contribution in [-0.4, -0.2) is 34.8 Å². The summed E-state index contributed by atoms with van der Waals surface area (Å²) in [6.45, 7) is 1.97. The fraction of sp³-hybridized carbons (Fsp3) is 0.333. The fourth-order valence-corrected chi connectivity index (χ4v) is 9.50. The number of anilines is 1. The summed E-state index contributed by atoms with van der Waals surface area (Å²) < 4.78 is 48.0. The van der Waals surface area contributed by atoms with Crippen molar-refractivity contribution >= 4 is 48.4 Å². The van der Waals surface area contributed by atoms with Crippen LogP contribution in [0.25, 0.3) is 16.6 Å². The standard InChI is InChI=1S/C24H25F3IN5O/c1-15-22(17-6-3-4-7-18(17)32(15)2)23(34)31-28-12-10-16(11-13-28)29-20-8-5-9-21-30-19(14-33(20)21)24(25,26)27/h3-9,14,16,29H,10-13H2,1-2H3,(H,31,34). The number of alkyl halides is 5. The molecular formula is C24H25F3IN5O. The third-order valence-corrected chi connectivity index (χ3v) is 11.5. The van der Waals surface area contributed by atoms with Crippen molar-refractivity contribution < 1.29 is 18.0 Å². The number of pyridine rings is 1. The zero-order chi connectivity index (χ0) is 24.0. The van der Waals surface area contributed by atoms with Crippen LogP contribution in [-0.2, 0) is 13.2 Å². The van der Waals surface area contributed by atoms with Crippen LogP contribution in [0.2, 0.25) is 0 Å². The first kappa shape index (κ1) is 23.0. The number of amides is 1. The van der Waals surface area contributed by atoms with E-state index in [-0.39, 0.29) is 17.6 Å². The number of nitrogens with one attached hydrogen (secondary N) is 2. The Morgan fingerprint density at radius 1 is 1.12 bits per heavy atom. The number of hydrogen-bond acceptors (Lipinski definition) is 3. The molecule has 4 heterocycles. The Hall–Kier alpha value is -2.76. The predicted molar refractivity (Wildman–Crippen MR) is 136 cm³/mol. The first-order chi connectivity index (χ1) is 16.2. The van der Waals surface area contributed by atoms with Crippen molar-refractivity contribution in [2.75, 3.05) is 14.2 Å². The van der Waals surface area contributed by atoms with Gasteiger partial charge in [-0.3, -0.25) is 0 Å². The summed E-state index contributed by atoms with van der Waals surface area (Å²) in [6, 6.07) is 13.1. The van der Waals surface area contributed by atoms with Gasteiger partial charge in [-0.25, -0.2) is 0 Å². The number of aromatic nitrogens is 3. The molecule has 2 N–H and O–H groups in total. The van der Waals surface area contributed by atoms with Crippen LogP contribution >= 0.6 is 20.1 Å². The number of nitrogens with zero attached hydrogens (tertiary/aromatic N) is 3. The fourth-order valence-electron chi connectivity index (χ4n) is 4.45. The number of carbonyl (C=O) groups is 1. The van der Waals surface area contributed by atoms with Gasteiger partial charge in [-0.2, -0.15) is 0 Å². The van der Waals surface area contributed by atoms with Crippen molar-refractivity contribution in [3.8, 4) is 0 Å². The van der Waals surface area contributed by atoms with E-state index in [2.05, 4.69) is 18.4 Å². The van der Waals surface area contributed by atoms with E-state index in [1.54, 1.807) is 18.2 Å². The second kappa shape index (κ2) is 8.79. The molecule has 6 nitrogen and oxygen atoms in total. The molecule has 1 aliphatic rings. The molecule has 0 bridgehead atoms. The van der Waals surface area contributed by atoms with Crippen LogP contribution in [0.15, 0.2) is 48.7 Å². The molecule has 34 heavy (non-hydrogen) atoms. The predicted octanol–water partition coefficient (Wildman–Crippen LogP) is 5.58.